The van der Waals surface area contributed by atoms with Crippen LogP contribution in [0.5, 0.6) is 5.75 Å². The molecule has 7 nitrogen and oxygen atoms in total. The molecule has 0 fully saturated rings. The van der Waals surface area contributed by atoms with Crippen LogP contribution in [0.25, 0.3) is 0 Å². The fourth-order valence-electron chi connectivity index (χ4n) is 1.20. The lowest BCUT2D eigenvalue weighted by atomic mass is 9.92. The highest BCUT2D eigenvalue weighted by atomic mass is 16.5. The number of carbonyl (C=O) groups is 3. The highest BCUT2D eigenvalue weighted by molar-refractivity contribution is 6.07. The van der Waals surface area contributed by atoms with Crippen molar-refractivity contribution in [3.05, 3.63) is 24.3 Å². The Balaban J connectivity index is 2.78. The molecule has 1 aromatic rings. The summed E-state index contributed by atoms with van der Waals surface area (Å²) in [5, 5.41) is 11.4. The molecule has 1 aromatic carbocycles. The number of benzene rings is 1. The van der Waals surface area contributed by atoms with E-state index in [1.54, 1.807) is 18.2 Å². The van der Waals surface area contributed by atoms with E-state index in [1.165, 1.54) is 19.9 Å². The highest BCUT2D eigenvalue weighted by Crippen LogP contribution is 2.21. The molecule has 1 rings (SSSR count). The Morgan fingerprint density at radius 1 is 1.35 bits per heavy atom. The minimum Gasteiger partial charge on any atom is -0.484 e. The average Bonchev–Trinajstić information content (AvgIpc) is 2.36. The number of aliphatic carboxylic acids is 1. The zero-order valence-corrected chi connectivity index (χ0v) is 11.2. The van der Waals surface area contributed by atoms with Crippen molar-refractivity contribution in [2.75, 3.05) is 11.9 Å². The second kappa shape index (κ2) is 6.05. The summed E-state index contributed by atoms with van der Waals surface area (Å²) in [4.78, 5) is 33.4. The lowest BCUT2D eigenvalue weighted by molar-refractivity contribution is -0.151. The van der Waals surface area contributed by atoms with Gasteiger partial charge in [0, 0.05) is 11.8 Å². The molecule has 0 aliphatic carbocycles. The zero-order valence-electron chi connectivity index (χ0n) is 11.2. The van der Waals surface area contributed by atoms with Gasteiger partial charge in [0.05, 0.1) is 0 Å². The first-order valence-corrected chi connectivity index (χ1v) is 5.79. The number of anilines is 1. The number of carbonyl (C=O) groups excluding carboxylic acids is 2. The molecule has 0 radical (unpaired) electrons. The molecule has 0 aliphatic heterocycles. The summed E-state index contributed by atoms with van der Waals surface area (Å²) in [5.74, 6) is -2.16. The summed E-state index contributed by atoms with van der Waals surface area (Å²) in [6, 6.07) is 6.23. The fourth-order valence-corrected chi connectivity index (χ4v) is 1.20. The number of hydrogen-bond acceptors (Lipinski definition) is 4. The van der Waals surface area contributed by atoms with E-state index in [2.05, 4.69) is 5.32 Å². The third-order valence-corrected chi connectivity index (χ3v) is 2.58. The van der Waals surface area contributed by atoms with Crippen LogP contribution in [0.2, 0.25) is 0 Å². The maximum absolute atomic E-state index is 11.8. The Labute approximate surface area is 115 Å². The van der Waals surface area contributed by atoms with Crippen LogP contribution in [0.1, 0.15) is 13.8 Å². The van der Waals surface area contributed by atoms with E-state index in [4.69, 9.17) is 15.6 Å². The standard InChI is InChI=1S/C13H16N2O5/c1-13(2,12(18)19)11(17)15-8-4-3-5-9(6-8)20-7-10(14)16/h3-6H,7H2,1-2H3,(H2,14,16)(H,15,17)(H,18,19). The lowest BCUT2D eigenvalue weighted by Crippen LogP contribution is -2.37. The summed E-state index contributed by atoms with van der Waals surface area (Å²) < 4.78 is 5.08. The van der Waals surface area contributed by atoms with Crippen molar-refractivity contribution in [1.29, 1.82) is 0 Å². The molecule has 0 saturated heterocycles. The van der Waals surface area contributed by atoms with Gasteiger partial charge in [-0.3, -0.25) is 14.4 Å². The second-order valence-corrected chi connectivity index (χ2v) is 4.67. The molecule has 0 spiro atoms. The van der Waals surface area contributed by atoms with E-state index in [1.807, 2.05) is 0 Å². The van der Waals surface area contributed by atoms with Crippen LogP contribution in [0.15, 0.2) is 24.3 Å². The molecule has 0 aromatic heterocycles. The van der Waals surface area contributed by atoms with Gasteiger partial charge < -0.3 is 20.9 Å². The molecule has 0 unspecified atom stereocenters. The van der Waals surface area contributed by atoms with Gasteiger partial charge in [0.1, 0.15) is 11.2 Å². The number of carboxylic acids is 1. The first kappa shape index (κ1) is 15.5. The Morgan fingerprint density at radius 3 is 2.55 bits per heavy atom. The zero-order chi connectivity index (χ0) is 15.3. The summed E-state index contributed by atoms with van der Waals surface area (Å²) in [5.41, 5.74) is 3.77. The largest absolute Gasteiger partial charge is 0.484 e. The Bertz CT molecular complexity index is 539. The van der Waals surface area contributed by atoms with Crippen LogP contribution >= 0.6 is 0 Å². The SMILES string of the molecule is CC(C)(C(=O)O)C(=O)Nc1cccc(OCC(N)=O)c1. The molecule has 0 saturated carbocycles. The molecule has 0 aliphatic rings. The van der Waals surface area contributed by atoms with Crippen LogP contribution in [-0.2, 0) is 14.4 Å². The minimum atomic E-state index is -1.55. The number of nitrogens with two attached hydrogens (primary N) is 1. The first-order valence-electron chi connectivity index (χ1n) is 5.79. The maximum Gasteiger partial charge on any atom is 0.318 e. The van der Waals surface area contributed by atoms with Crippen molar-refractivity contribution >= 4 is 23.5 Å². The third-order valence-electron chi connectivity index (χ3n) is 2.58. The summed E-state index contributed by atoms with van der Waals surface area (Å²) >= 11 is 0. The first-order chi connectivity index (χ1) is 9.23. The highest BCUT2D eigenvalue weighted by Gasteiger charge is 2.36. The number of nitrogens with one attached hydrogen (secondary N) is 1. The van der Waals surface area contributed by atoms with Crippen LogP contribution in [0.4, 0.5) is 5.69 Å². The van der Waals surface area contributed by atoms with Gasteiger partial charge >= 0.3 is 5.97 Å². The molecule has 7 heteroatoms. The lowest BCUT2D eigenvalue weighted by Gasteiger charge is -2.18. The minimum absolute atomic E-state index is 0.280. The van der Waals surface area contributed by atoms with E-state index in [9.17, 15) is 14.4 Å². The van der Waals surface area contributed by atoms with Gasteiger partial charge in [-0.15, -0.1) is 0 Å². The predicted octanol–water partition coefficient (Wildman–Crippen LogP) is 0.600. The number of hydrogen-bond donors (Lipinski definition) is 3. The van der Waals surface area contributed by atoms with Crippen molar-refractivity contribution in [3.8, 4) is 5.75 Å². The molecule has 0 bridgehead atoms. The number of rotatable bonds is 6. The molecule has 0 heterocycles. The smallest absolute Gasteiger partial charge is 0.318 e. The topological polar surface area (TPSA) is 119 Å². The molecular weight excluding hydrogens is 264 g/mol. The second-order valence-electron chi connectivity index (χ2n) is 4.67. The Hall–Kier alpha value is -2.57. The van der Waals surface area contributed by atoms with Crippen LogP contribution in [-0.4, -0.2) is 29.5 Å². The fraction of sp³-hybridized carbons (Fsp3) is 0.308. The Kier molecular flexibility index (Phi) is 4.68. The van der Waals surface area contributed by atoms with E-state index >= 15 is 0 Å². The van der Waals surface area contributed by atoms with Crippen molar-refractivity contribution < 1.29 is 24.2 Å². The maximum atomic E-state index is 11.8. The van der Waals surface area contributed by atoms with E-state index < -0.39 is 23.2 Å². The van der Waals surface area contributed by atoms with Gasteiger partial charge in [-0.05, 0) is 26.0 Å². The molecule has 108 valence electrons. The Morgan fingerprint density at radius 2 is 2.00 bits per heavy atom. The summed E-state index contributed by atoms with van der Waals surface area (Å²) in [6.45, 7) is 2.33. The molecule has 4 N–H and O–H groups in total. The average molecular weight is 280 g/mol. The van der Waals surface area contributed by atoms with Crippen molar-refractivity contribution in [2.45, 2.75) is 13.8 Å². The van der Waals surface area contributed by atoms with Crippen LogP contribution < -0.4 is 15.8 Å². The number of carboxylic acid groups (broad SMARTS) is 1. The molecule has 0 atom stereocenters. The van der Waals surface area contributed by atoms with Gasteiger partial charge in [0.25, 0.3) is 5.91 Å². The molecular formula is C13H16N2O5. The van der Waals surface area contributed by atoms with E-state index in [-0.39, 0.29) is 6.61 Å². The summed E-state index contributed by atoms with van der Waals surface area (Å²) in [7, 11) is 0. The van der Waals surface area contributed by atoms with Gasteiger partial charge in [-0.1, -0.05) is 6.07 Å². The van der Waals surface area contributed by atoms with Crippen molar-refractivity contribution in [3.63, 3.8) is 0 Å². The van der Waals surface area contributed by atoms with Gasteiger partial charge in [-0.2, -0.15) is 0 Å². The third kappa shape index (κ3) is 3.98. The van der Waals surface area contributed by atoms with E-state index in [0.717, 1.165) is 0 Å². The van der Waals surface area contributed by atoms with E-state index in [0.29, 0.717) is 11.4 Å². The van der Waals surface area contributed by atoms with Crippen molar-refractivity contribution in [1.82, 2.24) is 0 Å². The number of primary amides is 1. The summed E-state index contributed by atoms with van der Waals surface area (Å²) in [6.07, 6.45) is 0. The number of amides is 2. The van der Waals surface area contributed by atoms with Crippen molar-refractivity contribution in [2.24, 2.45) is 11.1 Å². The van der Waals surface area contributed by atoms with Gasteiger partial charge in [0.2, 0.25) is 5.91 Å². The quantitative estimate of drug-likeness (QED) is 0.659. The van der Waals surface area contributed by atoms with Crippen LogP contribution in [0, 0.1) is 5.41 Å². The van der Waals surface area contributed by atoms with Crippen LogP contribution in [0.3, 0.4) is 0 Å². The molecule has 2 amide bonds. The monoisotopic (exact) mass is 280 g/mol. The molecule has 20 heavy (non-hydrogen) atoms. The van der Waals surface area contributed by atoms with Gasteiger partial charge in [0.15, 0.2) is 6.61 Å². The predicted molar refractivity (Wildman–Crippen MR) is 71.2 cm³/mol. The number of ether oxygens (including phenoxy) is 1. The normalized spacial score (nSPS) is 10.7. The van der Waals surface area contributed by atoms with Gasteiger partial charge in [-0.25, -0.2) is 0 Å².